The van der Waals surface area contributed by atoms with Crippen molar-refractivity contribution >= 4 is 73.3 Å². The number of rotatable bonds is 9. The number of anilines is 1. The van der Waals surface area contributed by atoms with Crippen LogP contribution in [0.2, 0.25) is 16.6 Å². The van der Waals surface area contributed by atoms with Gasteiger partial charge in [-0.05, 0) is 119 Å². The molecule has 71 heavy (non-hydrogen) atoms. The molecular formula is C55H68F2N8O4SSi. The number of nitrogens with zero attached hydrogens (tertiary/aromatic N) is 8. The number of halogens is 2. The fraction of sp³-hybridized carbons (Fsp3) is 0.582. The summed E-state index contributed by atoms with van der Waals surface area (Å²) in [5.41, 5.74) is 7.11. The van der Waals surface area contributed by atoms with Crippen LogP contribution in [0.3, 0.4) is 0 Å². The zero-order chi connectivity index (χ0) is 49.7. The highest BCUT2D eigenvalue weighted by atomic mass is 32.1. The number of hydrogen-bond donors (Lipinski definition) is 0. The molecule has 0 N–H and O–H groups in total. The van der Waals surface area contributed by atoms with Crippen molar-refractivity contribution < 1.29 is 27.8 Å². The molecule has 5 atom stereocenters. The number of aromatic nitrogens is 5. The first-order valence-electron chi connectivity index (χ1n) is 26.1. The monoisotopic (exact) mass is 1000 g/mol. The van der Waals surface area contributed by atoms with E-state index in [1.165, 1.54) is 0 Å². The summed E-state index contributed by atoms with van der Waals surface area (Å²) in [5.74, 6) is 4.06. The van der Waals surface area contributed by atoms with E-state index in [1.807, 2.05) is 48.8 Å². The van der Waals surface area contributed by atoms with E-state index in [2.05, 4.69) is 68.9 Å². The molecule has 6 aromatic rings. The highest BCUT2D eigenvalue weighted by Gasteiger charge is 2.50. The molecule has 0 saturated carbocycles. The van der Waals surface area contributed by atoms with E-state index in [4.69, 9.17) is 34.3 Å². The Hall–Kier alpha value is -4.95. The lowest BCUT2D eigenvalue weighted by molar-refractivity contribution is -0.0366. The maximum absolute atomic E-state index is 16.2. The fourth-order valence-electron chi connectivity index (χ4n) is 13.5. The van der Waals surface area contributed by atoms with E-state index in [-0.39, 0.29) is 41.8 Å². The Bertz CT molecular complexity index is 3080. The minimum absolute atomic E-state index is 0.0662. The van der Waals surface area contributed by atoms with Gasteiger partial charge in [-0.15, -0.1) is 16.9 Å². The molecule has 16 heteroatoms. The summed E-state index contributed by atoms with van der Waals surface area (Å²) in [6.45, 7) is 22.8. The first kappa shape index (κ1) is 48.3. The number of pyridine rings is 1. The van der Waals surface area contributed by atoms with E-state index in [1.54, 1.807) is 23.5 Å². The predicted octanol–water partition coefficient (Wildman–Crippen LogP) is 12.4. The number of hydrogen-bond acceptors (Lipinski definition) is 11. The van der Waals surface area contributed by atoms with Gasteiger partial charge in [0.25, 0.3) is 0 Å². The second kappa shape index (κ2) is 18.2. The Morgan fingerprint density at radius 2 is 1.73 bits per heavy atom. The van der Waals surface area contributed by atoms with Crippen LogP contribution in [-0.4, -0.2) is 117 Å². The summed E-state index contributed by atoms with van der Waals surface area (Å²) in [5, 5.41) is 9.27. The third-order valence-electron chi connectivity index (χ3n) is 16.5. The van der Waals surface area contributed by atoms with Crippen molar-refractivity contribution in [1.82, 2.24) is 34.5 Å². The first-order valence-corrected chi connectivity index (χ1v) is 29.2. The van der Waals surface area contributed by atoms with Gasteiger partial charge in [0.05, 0.1) is 45.1 Å². The Morgan fingerprint density at radius 3 is 2.44 bits per heavy atom. The van der Waals surface area contributed by atoms with Crippen molar-refractivity contribution in [2.24, 2.45) is 0 Å². The normalized spacial score (nSPS) is 24.1. The number of piperazine rings is 1. The zero-order valence-corrected chi connectivity index (χ0v) is 44.6. The van der Waals surface area contributed by atoms with Crippen LogP contribution in [0.5, 0.6) is 6.01 Å². The second-order valence-corrected chi connectivity index (χ2v) is 29.6. The zero-order valence-electron chi connectivity index (χ0n) is 42.8. The summed E-state index contributed by atoms with van der Waals surface area (Å²) < 4.78 is 53.0. The van der Waals surface area contributed by atoms with Crippen molar-refractivity contribution in [3.05, 3.63) is 48.0 Å². The average Bonchev–Trinajstić information content (AvgIpc) is 4.13. The fourth-order valence-corrected chi connectivity index (χ4v) is 19.9. The number of fused-ring (bicyclic) bond motifs is 8. The Balaban J connectivity index is 1.12. The number of amides is 1. The Morgan fingerprint density at radius 1 is 0.972 bits per heavy atom. The molecule has 11 rings (SSSR count). The van der Waals surface area contributed by atoms with Crippen molar-refractivity contribution in [2.45, 2.75) is 166 Å². The number of thiophene rings is 1. The van der Waals surface area contributed by atoms with E-state index in [9.17, 15) is 9.18 Å². The Labute approximate surface area is 420 Å². The molecule has 5 fully saturated rings. The van der Waals surface area contributed by atoms with Gasteiger partial charge in [-0.1, -0.05) is 47.5 Å². The van der Waals surface area contributed by atoms with E-state index in [0.29, 0.717) is 61.5 Å². The average molecular weight is 1000 g/mol. The predicted molar refractivity (Wildman–Crippen MR) is 281 cm³/mol. The van der Waals surface area contributed by atoms with E-state index in [0.717, 1.165) is 111 Å². The number of alkyl halides is 1. The first-order chi connectivity index (χ1) is 33.9. The summed E-state index contributed by atoms with van der Waals surface area (Å²) in [6, 6.07) is 7.43. The summed E-state index contributed by atoms with van der Waals surface area (Å²) >= 11 is 1.54. The van der Waals surface area contributed by atoms with Gasteiger partial charge in [0, 0.05) is 66.1 Å². The van der Waals surface area contributed by atoms with Crippen LogP contribution in [0.1, 0.15) is 125 Å². The van der Waals surface area contributed by atoms with Crippen molar-refractivity contribution in [2.75, 3.05) is 44.3 Å². The number of benzene rings is 2. The van der Waals surface area contributed by atoms with Gasteiger partial charge in [0.1, 0.15) is 42.9 Å². The lowest BCUT2D eigenvalue weighted by atomic mass is 9.93. The minimum Gasteiger partial charge on any atom is -0.461 e. The number of carbonyl (C=O) groups excluding carboxylic acids is 1. The van der Waals surface area contributed by atoms with Gasteiger partial charge in [-0.2, -0.15) is 15.1 Å². The maximum Gasteiger partial charge on any atom is 0.410 e. The molecule has 5 aliphatic heterocycles. The second-order valence-electron chi connectivity index (χ2n) is 23.0. The van der Waals surface area contributed by atoms with E-state index < -0.39 is 19.8 Å². The summed E-state index contributed by atoms with van der Waals surface area (Å²) in [6.07, 6.45) is 9.22. The molecule has 376 valence electrons. The standard InChI is InChI=1S/C55H68F2N8O4SSi/c1-32(2)71(33(3)4,34(5)6)22-17-35-23-37(56)24-36-25-43-42(27-59-65(43)44-13-10-11-21-67-44)46(45(35)36)48-49-41(16-19-58-48)47-50(62-29-39-14-15-40(30-62)64(39)53(66)69-54(7,8)9)60-52(61-51(47)70-49)68-31-55-18-12-20-63(55)28-38(57)26-55/h16,19,23-25,27,32-34,38-40,44H,10-15,18,20-21,26,28-31H2,1-9H3/t38-,39-,40+,44?,55+/m1/s1. The maximum atomic E-state index is 16.2. The van der Waals surface area contributed by atoms with E-state index >= 15 is 4.39 Å². The van der Waals surface area contributed by atoms with Gasteiger partial charge in [-0.3, -0.25) is 14.8 Å². The molecule has 1 amide bonds. The third-order valence-corrected chi connectivity index (χ3v) is 23.9. The van der Waals surface area contributed by atoms with Gasteiger partial charge < -0.3 is 19.1 Å². The van der Waals surface area contributed by atoms with Gasteiger partial charge >= 0.3 is 12.1 Å². The van der Waals surface area contributed by atoms with Gasteiger partial charge in [0.2, 0.25) is 0 Å². The Kier molecular flexibility index (Phi) is 12.4. The third kappa shape index (κ3) is 8.34. The number of carbonyl (C=O) groups is 1. The van der Waals surface area contributed by atoms with Crippen LogP contribution in [-0.2, 0) is 9.47 Å². The molecule has 9 heterocycles. The quantitative estimate of drug-likeness (QED) is 0.103. The van der Waals surface area contributed by atoms with Gasteiger partial charge in [0.15, 0.2) is 6.23 Å². The van der Waals surface area contributed by atoms with Crippen molar-refractivity contribution in [1.29, 1.82) is 0 Å². The van der Waals surface area contributed by atoms with Crippen molar-refractivity contribution in [3.8, 4) is 28.7 Å². The van der Waals surface area contributed by atoms with Crippen LogP contribution >= 0.6 is 11.3 Å². The molecule has 0 aliphatic carbocycles. The highest BCUT2D eigenvalue weighted by molar-refractivity contribution is 7.26. The highest BCUT2D eigenvalue weighted by Crippen LogP contribution is 2.49. The molecular weight excluding hydrogens is 935 g/mol. The largest absolute Gasteiger partial charge is 0.461 e. The number of ether oxygens (including phenoxy) is 3. The van der Waals surface area contributed by atoms with Crippen LogP contribution < -0.4 is 9.64 Å². The molecule has 1 unspecified atom stereocenters. The van der Waals surface area contributed by atoms with Crippen LogP contribution in [0, 0.1) is 17.3 Å². The minimum atomic E-state index is -2.24. The van der Waals surface area contributed by atoms with Crippen LogP contribution in [0.15, 0.2) is 36.7 Å². The molecule has 5 aliphatic rings. The van der Waals surface area contributed by atoms with Crippen LogP contribution in [0.25, 0.3) is 53.2 Å². The topological polar surface area (TPSA) is 111 Å². The smallest absolute Gasteiger partial charge is 0.410 e. The molecule has 5 saturated heterocycles. The SMILES string of the molecule is CC(C)[Si](C#Cc1cc(F)cc2cc3c(cnn3C3CCCCO3)c(-c3nccc4c3sc3nc(OC[C@@]56CCCN5C[C@H](F)C6)nc(N5C[C@H]6CC[C@@H](C5)N6C(=O)OC(C)(C)C)c34)c12)(C(C)C)C(C)C. The lowest BCUT2D eigenvalue weighted by Crippen LogP contribution is -2.57. The van der Waals surface area contributed by atoms with Crippen LogP contribution in [0.4, 0.5) is 19.4 Å². The molecule has 2 aromatic carbocycles. The summed E-state index contributed by atoms with van der Waals surface area (Å²) in [4.78, 5) is 36.6. The van der Waals surface area contributed by atoms with Crippen molar-refractivity contribution in [3.63, 3.8) is 0 Å². The van der Waals surface area contributed by atoms with Gasteiger partial charge in [-0.25, -0.2) is 18.3 Å². The summed E-state index contributed by atoms with van der Waals surface area (Å²) in [7, 11) is -2.24. The lowest BCUT2D eigenvalue weighted by Gasteiger charge is -2.42. The molecule has 0 spiro atoms. The molecule has 2 bridgehead atoms. The molecule has 0 radical (unpaired) electrons. The molecule has 4 aromatic heterocycles. The molecule has 12 nitrogen and oxygen atoms in total.